The highest BCUT2D eigenvalue weighted by atomic mass is 35.5. The SMILES string of the molecule is COC(=O)c1[nH]c2ccc(Cl)cc2c1NC(=O)CCN1C[C@H]2C[C@H]1CC(C)(C)C2. The maximum Gasteiger partial charge on any atom is 0.356 e. The molecule has 156 valence electrons. The fourth-order valence-corrected chi connectivity index (χ4v) is 5.39. The molecule has 6 nitrogen and oxygen atoms in total. The number of halogens is 1. The Balaban J connectivity index is 1.47. The Morgan fingerprint density at radius 1 is 1.34 bits per heavy atom. The number of carbonyl (C=O) groups excluding carboxylic acids is 2. The molecule has 2 fully saturated rings. The van der Waals surface area contributed by atoms with E-state index >= 15 is 0 Å². The summed E-state index contributed by atoms with van der Waals surface area (Å²) in [6.45, 7) is 6.51. The lowest BCUT2D eigenvalue weighted by molar-refractivity contribution is -0.116. The number of aromatic nitrogens is 1. The van der Waals surface area contributed by atoms with E-state index in [0.29, 0.717) is 34.0 Å². The van der Waals surface area contributed by atoms with Gasteiger partial charge in [0.25, 0.3) is 0 Å². The van der Waals surface area contributed by atoms with Crippen LogP contribution >= 0.6 is 11.6 Å². The van der Waals surface area contributed by atoms with Crippen molar-refractivity contribution in [3.63, 3.8) is 0 Å². The summed E-state index contributed by atoms with van der Waals surface area (Å²) in [4.78, 5) is 30.4. The van der Waals surface area contributed by atoms with Crippen LogP contribution in [-0.4, -0.2) is 48.0 Å². The monoisotopic (exact) mass is 417 g/mol. The van der Waals surface area contributed by atoms with Crippen molar-refractivity contribution in [2.45, 2.75) is 45.6 Å². The number of nitrogens with zero attached hydrogens (tertiary/aromatic N) is 1. The van der Waals surface area contributed by atoms with Crippen molar-refractivity contribution in [1.82, 2.24) is 9.88 Å². The molecule has 1 aromatic carbocycles. The zero-order chi connectivity index (χ0) is 20.8. The fourth-order valence-electron chi connectivity index (χ4n) is 5.22. The average molecular weight is 418 g/mol. The van der Waals surface area contributed by atoms with Crippen LogP contribution in [0.5, 0.6) is 0 Å². The highest BCUT2D eigenvalue weighted by molar-refractivity contribution is 6.31. The second kappa shape index (κ2) is 7.65. The van der Waals surface area contributed by atoms with Crippen LogP contribution in [0.1, 0.15) is 50.0 Å². The minimum atomic E-state index is -0.525. The molecule has 2 bridgehead atoms. The van der Waals surface area contributed by atoms with E-state index in [4.69, 9.17) is 16.3 Å². The number of hydrogen-bond donors (Lipinski definition) is 2. The highest BCUT2D eigenvalue weighted by Gasteiger charge is 2.42. The van der Waals surface area contributed by atoms with E-state index in [1.54, 1.807) is 18.2 Å². The van der Waals surface area contributed by atoms with Crippen molar-refractivity contribution in [2.24, 2.45) is 11.3 Å². The van der Waals surface area contributed by atoms with Gasteiger partial charge in [-0.3, -0.25) is 9.69 Å². The molecule has 0 radical (unpaired) electrons. The number of amides is 1. The number of hydrogen-bond acceptors (Lipinski definition) is 4. The van der Waals surface area contributed by atoms with Gasteiger partial charge in [-0.2, -0.15) is 0 Å². The summed E-state index contributed by atoms with van der Waals surface area (Å²) in [5.74, 6) is 0.105. The van der Waals surface area contributed by atoms with Gasteiger partial charge < -0.3 is 15.0 Å². The molecule has 1 amide bonds. The standard InChI is InChI=1S/C22H28ClN3O3/c1-22(2)10-13-8-15(11-22)26(12-13)7-6-18(27)25-19-16-9-14(23)4-5-17(16)24-20(19)21(28)29-3/h4-5,9,13,15,24H,6-8,10-12H2,1-3H3,(H,25,27)/t13-,15-/m0/s1. The Hall–Kier alpha value is -2.05. The zero-order valence-corrected chi connectivity index (χ0v) is 17.9. The third-order valence-electron chi connectivity index (χ3n) is 6.28. The highest BCUT2D eigenvalue weighted by Crippen LogP contribution is 2.45. The van der Waals surface area contributed by atoms with Crippen molar-refractivity contribution in [3.05, 3.63) is 28.9 Å². The predicted molar refractivity (Wildman–Crippen MR) is 114 cm³/mol. The van der Waals surface area contributed by atoms with Crippen LogP contribution in [0, 0.1) is 11.3 Å². The van der Waals surface area contributed by atoms with Gasteiger partial charge in [-0.05, 0) is 48.8 Å². The predicted octanol–water partition coefficient (Wildman–Crippen LogP) is 4.45. The Bertz CT molecular complexity index is 952. The molecule has 2 heterocycles. The Labute approximate surface area is 175 Å². The summed E-state index contributed by atoms with van der Waals surface area (Å²) in [5, 5.41) is 4.16. The molecular formula is C22H28ClN3O3. The first-order valence-corrected chi connectivity index (χ1v) is 10.6. The first-order chi connectivity index (χ1) is 13.8. The quantitative estimate of drug-likeness (QED) is 0.705. The van der Waals surface area contributed by atoms with E-state index in [-0.39, 0.29) is 11.6 Å². The number of esters is 1. The summed E-state index contributed by atoms with van der Waals surface area (Å²) in [6.07, 6.45) is 4.10. The molecule has 4 rings (SSSR count). The number of anilines is 1. The minimum absolute atomic E-state index is 0.114. The normalized spacial score (nSPS) is 23.3. The number of nitrogens with one attached hydrogen (secondary N) is 2. The van der Waals surface area contributed by atoms with Crippen LogP contribution in [0.4, 0.5) is 5.69 Å². The molecule has 0 unspecified atom stereocenters. The summed E-state index contributed by atoms with van der Waals surface area (Å²) in [5.41, 5.74) is 1.78. The fraction of sp³-hybridized carbons (Fsp3) is 0.545. The van der Waals surface area contributed by atoms with Crippen molar-refractivity contribution >= 4 is 40.1 Å². The molecule has 1 saturated carbocycles. The smallest absolute Gasteiger partial charge is 0.356 e. The van der Waals surface area contributed by atoms with Gasteiger partial charge >= 0.3 is 5.97 Å². The van der Waals surface area contributed by atoms with E-state index in [9.17, 15) is 9.59 Å². The molecule has 29 heavy (non-hydrogen) atoms. The van der Waals surface area contributed by atoms with E-state index in [0.717, 1.165) is 24.5 Å². The number of benzene rings is 1. The number of H-pyrrole nitrogens is 1. The first-order valence-electron chi connectivity index (χ1n) is 10.2. The molecule has 1 aromatic heterocycles. The number of methoxy groups -OCH3 is 1. The lowest BCUT2D eigenvalue weighted by atomic mass is 9.72. The van der Waals surface area contributed by atoms with Gasteiger partial charge in [-0.15, -0.1) is 0 Å². The summed E-state index contributed by atoms with van der Waals surface area (Å²) < 4.78 is 4.86. The van der Waals surface area contributed by atoms with Gasteiger partial charge in [0.2, 0.25) is 5.91 Å². The van der Waals surface area contributed by atoms with Gasteiger partial charge in [-0.25, -0.2) is 4.79 Å². The molecular weight excluding hydrogens is 390 g/mol. The van der Waals surface area contributed by atoms with Crippen molar-refractivity contribution < 1.29 is 14.3 Å². The largest absolute Gasteiger partial charge is 0.464 e. The molecule has 1 saturated heterocycles. The summed E-state index contributed by atoms with van der Waals surface area (Å²) in [7, 11) is 1.32. The first kappa shape index (κ1) is 20.2. The van der Waals surface area contributed by atoms with Crippen LogP contribution < -0.4 is 5.32 Å². The zero-order valence-electron chi connectivity index (χ0n) is 17.2. The van der Waals surface area contributed by atoms with Crippen LogP contribution in [0.3, 0.4) is 0 Å². The molecule has 1 aliphatic heterocycles. The van der Waals surface area contributed by atoms with E-state index < -0.39 is 5.97 Å². The molecule has 1 aliphatic carbocycles. The molecule has 2 atom stereocenters. The molecule has 2 aromatic rings. The molecule has 2 N–H and O–H groups in total. The Morgan fingerprint density at radius 2 is 2.14 bits per heavy atom. The maximum absolute atomic E-state index is 12.7. The van der Waals surface area contributed by atoms with Gasteiger partial charge in [-0.1, -0.05) is 25.4 Å². The second-order valence-corrected chi connectivity index (χ2v) is 9.61. The lowest BCUT2D eigenvalue weighted by Crippen LogP contribution is -2.35. The van der Waals surface area contributed by atoms with Crippen LogP contribution in [0.15, 0.2) is 18.2 Å². The Kier molecular flexibility index (Phi) is 5.34. The summed E-state index contributed by atoms with van der Waals surface area (Å²) >= 11 is 6.12. The van der Waals surface area contributed by atoms with E-state index in [2.05, 4.69) is 29.0 Å². The van der Waals surface area contributed by atoms with Gasteiger partial charge in [0.05, 0.1) is 12.8 Å². The van der Waals surface area contributed by atoms with Crippen LogP contribution in [0.2, 0.25) is 5.02 Å². The lowest BCUT2D eigenvalue weighted by Gasteiger charge is -2.35. The third kappa shape index (κ3) is 4.14. The van der Waals surface area contributed by atoms with Crippen LogP contribution in [0.25, 0.3) is 10.9 Å². The van der Waals surface area contributed by atoms with E-state index in [1.807, 2.05) is 0 Å². The number of carbonyl (C=O) groups is 2. The number of rotatable bonds is 5. The Morgan fingerprint density at radius 3 is 2.90 bits per heavy atom. The van der Waals surface area contributed by atoms with Crippen molar-refractivity contribution in [3.8, 4) is 0 Å². The molecule has 2 aliphatic rings. The maximum atomic E-state index is 12.7. The van der Waals surface area contributed by atoms with Gasteiger partial charge in [0, 0.05) is 41.5 Å². The van der Waals surface area contributed by atoms with Crippen LogP contribution in [-0.2, 0) is 9.53 Å². The minimum Gasteiger partial charge on any atom is -0.464 e. The van der Waals surface area contributed by atoms with Gasteiger partial charge in [0.15, 0.2) is 0 Å². The topological polar surface area (TPSA) is 74.4 Å². The second-order valence-electron chi connectivity index (χ2n) is 9.18. The number of aromatic amines is 1. The van der Waals surface area contributed by atoms with E-state index in [1.165, 1.54) is 26.4 Å². The van der Waals surface area contributed by atoms with Crippen molar-refractivity contribution in [1.29, 1.82) is 0 Å². The number of ether oxygens (including phenoxy) is 1. The van der Waals surface area contributed by atoms with Crippen molar-refractivity contribution in [2.75, 3.05) is 25.5 Å². The molecule has 7 heteroatoms. The third-order valence-corrected chi connectivity index (χ3v) is 6.52. The number of fused-ring (bicyclic) bond motifs is 3. The number of likely N-dealkylation sites (tertiary alicyclic amines) is 1. The molecule has 0 spiro atoms. The average Bonchev–Trinajstić information content (AvgIpc) is 3.15. The summed E-state index contributed by atoms with van der Waals surface area (Å²) in [6, 6.07) is 5.83. The van der Waals surface area contributed by atoms with Gasteiger partial charge in [0.1, 0.15) is 5.69 Å².